The molecule has 0 bridgehead atoms. The number of nitro benzene ring substituents is 1. The Bertz CT molecular complexity index is 877. The standard InChI is InChI=1S/C15H20F3N3O5S2/c1-14(2,20-5-7-27(24)8-6-20)10-19-12-4-3-11(9-13(12)21(22)23)28(25,26)15(16,17)18/h3-4,9,19H,5-8,10H2,1-2H3. The van der Waals surface area contributed by atoms with Gasteiger partial charge in [-0.05, 0) is 26.0 Å². The van der Waals surface area contributed by atoms with Crippen molar-refractivity contribution in [3.63, 3.8) is 0 Å². The third kappa shape index (κ3) is 4.81. The first-order valence-corrected chi connectivity index (χ1v) is 11.2. The summed E-state index contributed by atoms with van der Waals surface area (Å²) in [5.74, 6) is 1.04. The van der Waals surface area contributed by atoms with E-state index in [1.54, 1.807) is 0 Å². The van der Waals surface area contributed by atoms with Crippen LogP contribution in [0.3, 0.4) is 0 Å². The van der Waals surface area contributed by atoms with E-state index in [2.05, 4.69) is 10.2 Å². The molecule has 1 aromatic carbocycles. The zero-order chi connectivity index (χ0) is 21.3. The summed E-state index contributed by atoms with van der Waals surface area (Å²) in [4.78, 5) is 11.2. The van der Waals surface area contributed by atoms with Crippen molar-refractivity contribution < 1.29 is 30.7 Å². The summed E-state index contributed by atoms with van der Waals surface area (Å²) in [5, 5.41) is 14.1. The predicted molar refractivity (Wildman–Crippen MR) is 98.4 cm³/mol. The molecule has 0 saturated carbocycles. The highest BCUT2D eigenvalue weighted by atomic mass is 32.2. The molecule has 0 spiro atoms. The molecule has 0 aromatic heterocycles. The minimum Gasteiger partial charge on any atom is -0.378 e. The highest BCUT2D eigenvalue weighted by Gasteiger charge is 2.47. The van der Waals surface area contributed by atoms with Crippen LogP contribution in [0.2, 0.25) is 0 Å². The van der Waals surface area contributed by atoms with E-state index in [0.717, 1.165) is 6.07 Å². The normalized spacial score (nSPS) is 17.5. The molecule has 0 aliphatic carbocycles. The van der Waals surface area contributed by atoms with E-state index in [0.29, 0.717) is 36.7 Å². The van der Waals surface area contributed by atoms with Gasteiger partial charge in [-0.15, -0.1) is 0 Å². The van der Waals surface area contributed by atoms with Crippen molar-refractivity contribution in [3.8, 4) is 0 Å². The Kier molecular flexibility index (Phi) is 6.40. The van der Waals surface area contributed by atoms with Gasteiger partial charge < -0.3 is 5.32 Å². The number of sulfone groups is 1. The van der Waals surface area contributed by atoms with Crippen molar-refractivity contribution in [1.82, 2.24) is 4.90 Å². The number of nitrogens with zero attached hydrogens (tertiary/aromatic N) is 2. The van der Waals surface area contributed by atoms with Crippen LogP contribution >= 0.6 is 0 Å². The molecule has 1 aliphatic rings. The maximum Gasteiger partial charge on any atom is 0.501 e. The Morgan fingerprint density at radius 1 is 1.25 bits per heavy atom. The van der Waals surface area contributed by atoms with Crippen LogP contribution in [0.5, 0.6) is 0 Å². The number of nitro groups is 1. The Hall–Kier alpha value is -1.73. The monoisotopic (exact) mass is 443 g/mol. The second kappa shape index (κ2) is 7.95. The number of alkyl halides is 3. The Balaban J connectivity index is 2.24. The van der Waals surface area contributed by atoms with Gasteiger partial charge in [0.1, 0.15) is 5.69 Å². The summed E-state index contributed by atoms with van der Waals surface area (Å²) in [6, 6.07) is 2.05. The van der Waals surface area contributed by atoms with Gasteiger partial charge in [-0.2, -0.15) is 13.2 Å². The van der Waals surface area contributed by atoms with Gasteiger partial charge in [0.15, 0.2) is 0 Å². The molecular weight excluding hydrogens is 423 g/mol. The lowest BCUT2D eigenvalue weighted by atomic mass is 10.0. The van der Waals surface area contributed by atoms with Gasteiger partial charge in [-0.1, -0.05) is 0 Å². The molecule has 0 amide bonds. The highest BCUT2D eigenvalue weighted by molar-refractivity contribution is 7.92. The van der Waals surface area contributed by atoms with Gasteiger partial charge >= 0.3 is 5.51 Å². The summed E-state index contributed by atoms with van der Waals surface area (Å²) < 4.78 is 72.5. The predicted octanol–water partition coefficient (Wildman–Crippen LogP) is 2.14. The van der Waals surface area contributed by atoms with Gasteiger partial charge in [0.05, 0.1) is 9.82 Å². The Morgan fingerprint density at radius 3 is 2.32 bits per heavy atom. The summed E-state index contributed by atoms with van der Waals surface area (Å²) in [7, 11) is -6.55. The molecular formula is C15H20F3N3O5S2. The van der Waals surface area contributed by atoms with Crippen LogP contribution < -0.4 is 5.32 Å². The van der Waals surface area contributed by atoms with Crippen LogP contribution in [0.1, 0.15) is 13.8 Å². The average Bonchev–Trinajstić information content (AvgIpc) is 2.59. The van der Waals surface area contributed by atoms with Crippen molar-refractivity contribution in [2.75, 3.05) is 36.5 Å². The fraction of sp³-hybridized carbons (Fsp3) is 0.600. The average molecular weight is 443 g/mol. The number of halogens is 3. The van der Waals surface area contributed by atoms with Gasteiger partial charge in [0.2, 0.25) is 0 Å². The number of hydrogen-bond acceptors (Lipinski definition) is 7. The summed E-state index contributed by atoms with van der Waals surface area (Å²) in [6.07, 6.45) is 0. The summed E-state index contributed by atoms with van der Waals surface area (Å²) in [6.45, 7) is 5.15. The molecule has 1 aliphatic heterocycles. The molecule has 2 rings (SSSR count). The number of nitrogens with one attached hydrogen (secondary N) is 1. The molecule has 28 heavy (non-hydrogen) atoms. The number of hydrogen-bond donors (Lipinski definition) is 1. The first kappa shape index (κ1) is 22.6. The van der Waals surface area contributed by atoms with E-state index in [1.165, 1.54) is 0 Å². The maximum absolute atomic E-state index is 12.7. The zero-order valence-electron chi connectivity index (χ0n) is 15.2. The molecule has 8 nitrogen and oxygen atoms in total. The molecule has 1 heterocycles. The molecule has 158 valence electrons. The minimum atomic E-state index is -5.68. The second-order valence-electron chi connectivity index (χ2n) is 6.89. The van der Waals surface area contributed by atoms with Crippen molar-refractivity contribution in [1.29, 1.82) is 0 Å². The smallest absolute Gasteiger partial charge is 0.378 e. The quantitative estimate of drug-likeness (QED) is 0.530. The highest BCUT2D eigenvalue weighted by Crippen LogP contribution is 2.35. The third-order valence-electron chi connectivity index (χ3n) is 4.53. The fourth-order valence-corrected chi connectivity index (χ4v) is 4.61. The van der Waals surface area contributed by atoms with E-state index >= 15 is 0 Å². The Labute approximate surface area is 162 Å². The van der Waals surface area contributed by atoms with Crippen LogP contribution in [0.25, 0.3) is 0 Å². The SMILES string of the molecule is CC(C)(CNc1ccc(S(=O)(=O)C(F)(F)F)cc1[N+](=O)[O-])N1CCS(=O)CC1. The van der Waals surface area contributed by atoms with Gasteiger partial charge in [0, 0.05) is 53.5 Å². The molecule has 1 N–H and O–H groups in total. The van der Waals surface area contributed by atoms with Crippen LogP contribution in [0.15, 0.2) is 23.1 Å². The lowest BCUT2D eigenvalue weighted by molar-refractivity contribution is -0.384. The molecule has 0 atom stereocenters. The van der Waals surface area contributed by atoms with E-state index in [-0.39, 0.29) is 12.2 Å². The topological polar surface area (TPSA) is 110 Å². The number of anilines is 1. The molecule has 13 heteroatoms. The first-order chi connectivity index (χ1) is 12.8. The largest absolute Gasteiger partial charge is 0.501 e. The van der Waals surface area contributed by atoms with E-state index < -0.39 is 47.2 Å². The van der Waals surface area contributed by atoms with Crippen LogP contribution in [0, 0.1) is 10.1 Å². The maximum atomic E-state index is 12.7. The van der Waals surface area contributed by atoms with Crippen molar-refractivity contribution >= 4 is 32.0 Å². The summed E-state index contributed by atoms with van der Waals surface area (Å²) >= 11 is 0. The van der Waals surface area contributed by atoms with Gasteiger partial charge in [0.25, 0.3) is 15.5 Å². The van der Waals surface area contributed by atoms with Gasteiger partial charge in [-0.3, -0.25) is 19.2 Å². The second-order valence-corrected chi connectivity index (χ2v) is 10.5. The number of rotatable bonds is 6. The number of benzene rings is 1. The molecule has 1 saturated heterocycles. The molecule has 0 radical (unpaired) electrons. The van der Waals surface area contributed by atoms with Crippen molar-refractivity contribution in [3.05, 3.63) is 28.3 Å². The lowest BCUT2D eigenvalue weighted by Gasteiger charge is -2.40. The first-order valence-electron chi connectivity index (χ1n) is 8.19. The zero-order valence-corrected chi connectivity index (χ0v) is 16.8. The Morgan fingerprint density at radius 2 is 1.82 bits per heavy atom. The fourth-order valence-electron chi connectivity index (χ4n) is 2.78. The molecule has 1 fully saturated rings. The minimum absolute atomic E-state index is 0.0835. The van der Waals surface area contributed by atoms with Crippen molar-refractivity contribution in [2.45, 2.75) is 29.8 Å². The molecule has 0 unspecified atom stereocenters. The van der Waals surface area contributed by atoms with E-state index in [1.807, 2.05) is 13.8 Å². The third-order valence-corrected chi connectivity index (χ3v) is 7.29. The molecule has 1 aromatic rings. The lowest BCUT2D eigenvalue weighted by Crippen LogP contribution is -2.53. The summed E-state index contributed by atoms with van der Waals surface area (Å²) in [5.41, 5.74) is -6.87. The van der Waals surface area contributed by atoms with Crippen LogP contribution in [-0.2, 0) is 20.6 Å². The van der Waals surface area contributed by atoms with Crippen LogP contribution in [-0.4, -0.2) is 64.6 Å². The van der Waals surface area contributed by atoms with Crippen molar-refractivity contribution in [2.24, 2.45) is 0 Å². The van der Waals surface area contributed by atoms with Gasteiger partial charge in [-0.25, -0.2) is 8.42 Å². The van der Waals surface area contributed by atoms with E-state index in [4.69, 9.17) is 0 Å². The van der Waals surface area contributed by atoms with Crippen LogP contribution in [0.4, 0.5) is 24.5 Å². The van der Waals surface area contributed by atoms with E-state index in [9.17, 15) is 35.9 Å².